The van der Waals surface area contributed by atoms with E-state index >= 15 is 0 Å². The van der Waals surface area contributed by atoms with Crippen LogP contribution in [0.3, 0.4) is 0 Å². The predicted octanol–water partition coefficient (Wildman–Crippen LogP) is 2.57. The van der Waals surface area contributed by atoms with Crippen molar-refractivity contribution in [1.29, 1.82) is 0 Å². The van der Waals surface area contributed by atoms with Gasteiger partial charge in [0, 0.05) is 12.8 Å². The van der Waals surface area contributed by atoms with E-state index < -0.39 is 11.8 Å². The minimum Gasteiger partial charge on any atom is -0.481 e. The van der Waals surface area contributed by atoms with Gasteiger partial charge in [0.1, 0.15) is 5.82 Å². The van der Waals surface area contributed by atoms with E-state index in [0.717, 1.165) is 0 Å². The molecule has 0 radical (unpaired) electrons. The standard InChI is InChI=1S/C13H16FNO3/c1-8(7-12(17)18)6-11(16)15-10-5-3-4-9(2)13(10)14/h3-5,8H,6-7H2,1-2H3,(H,15,16)(H,17,18). The Morgan fingerprint density at radius 1 is 1.39 bits per heavy atom. The van der Waals surface area contributed by atoms with Crippen LogP contribution in [-0.2, 0) is 9.59 Å². The van der Waals surface area contributed by atoms with Crippen LogP contribution in [0.25, 0.3) is 0 Å². The Hall–Kier alpha value is -1.91. The molecule has 2 N–H and O–H groups in total. The fourth-order valence-electron chi connectivity index (χ4n) is 1.63. The summed E-state index contributed by atoms with van der Waals surface area (Å²) in [5, 5.41) is 11.0. The van der Waals surface area contributed by atoms with Crippen LogP contribution in [-0.4, -0.2) is 17.0 Å². The lowest BCUT2D eigenvalue weighted by molar-refractivity contribution is -0.138. The largest absolute Gasteiger partial charge is 0.481 e. The molecular weight excluding hydrogens is 237 g/mol. The molecule has 0 aromatic heterocycles. The Bertz CT molecular complexity index is 460. The van der Waals surface area contributed by atoms with Gasteiger partial charge in [-0.2, -0.15) is 0 Å². The van der Waals surface area contributed by atoms with Crippen LogP contribution in [0.4, 0.5) is 10.1 Å². The number of benzene rings is 1. The lowest BCUT2D eigenvalue weighted by atomic mass is 10.0. The second kappa shape index (κ2) is 6.14. The molecule has 0 saturated carbocycles. The van der Waals surface area contributed by atoms with Crippen molar-refractivity contribution in [2.24, 2.45) is 5.92 Å². The van der Waals surface area contributed by atoms with Gasteiger partial charge in [-0.3, -0.25) is 9.59 Å². The van der Waals surface area contributed by atoms with Gasteiger partial charge in [0.25, 0.3) is 0 Å². The van der Waals surface area contributed by atoms with E-state index in [1.807, 2.05) is 0 Å². The Morgan fingerprint density at radius 2 is 2.06 bits per heavy atom. The highest BCUT2D eigenvalue weighted by Gasteiger charge is 2.14. The zero-order chi connectivity index (χ0) is 13.7. The van der Waals surface area contributed by atoms with Gasteiger partial charge in [0.15, 0.2) is 0 Å². The van der Waals surface area contributed by atoms with Crippen molar-refractivity contribution in [3.05, 3.63) is 29.6 Å². The van der Waals surface area contributed by atoms with E-state index in [4.69, 9.17) is 5.11 Å². The van der Waals surface area contributed by atoms with E-state index in [9.17, 15) is 14.0 Å². The number of carboxylic acid groups (broad SMARTS) is 1. The highest BCUT2D eigenvalue weighted by molar-refractivity contribution is 5.91. The van der Waals surface area contributed by atoms with Gasteiger partial charge in [-0.15, -0.1) is 0 Å². The van der Waals surface area contributed by atoms with Crippen LogP contribution in [0.2, 0.25) is 0 Å². The normalized spacial score (nSPS) is 11.9. The predicted molar refractivity (Wildman–Crippen MR) is 65.8 cm³/mol. The minimum atomic E-state index is -0.947. The first-order valence-electron chi connectivity index (χ1n) is 5.67. The average Bonchev–Trinajstić information content (AvgIpc) is 2.23. The van der Waals surface area contributed by atoms with Gasteiger partial charge < -0.3 is 10.4 Å². The number of carbonyl (C=O) groups is 2. The van der Waals surface area contributed by atoms with E-state index in [1.165, 1.54) is 6.07 Å². The number of anilines is 1. The first kappa shape index (κ1) is 14.2. The number of aliphatic carboxylic acids is 1. The SMILES string of the molecule is Cc1cccc(NC(=O)CC(C)CC(=O)O)c1F. The summed E-state index contributed by atoms with van der Waals surface area (Å²) in [6, 6.07) is 4.73. The molecule has 0 aliphatic heterocycles. The summed E-state index contributed by atoms with van der Waals surface area (Å²) in [7, 11) is 0. The van der Waals surface area contributed by atoms with Crippen molar-refractivity contribution >= 4 is 17.6 Å². The van der Waals surface area contributed by atoms with Gasteiger partial charge in [0.05, 0.1) is 5.69 Å². The fourth-order valence-corrected chi connectivity index (χ4v) is 1.63. The number of hydrogen-bond acceptors (Lipinski definition) is 2. The molecule has 4 nitrogen and oxygen atoms in total. The topological polar surface area (TPSA) is 66.4 Å². The number of amides is 1. The number of rotatable bonds is 5. The smallest absolute Gasteiger partial charge is 0.303 e. The maximum Gasteiger partial charge on any atom is 0.303 e. The van der Waals surface area contributed by atoms with Crippen LogP contribution >= 0.6 is 0 Å². The Kier molecular flexibility index (Phi) is 4.83. The molecule has 18 heavy (non-hydrogen) atoms. The number of hydrogen-bond donors (Lipinski definition) is 2. The molecule has 1 amide bonds. The molecule has 0 saturated heterocycles. The molecule has 0 spiro atoms. The van der Waals surface area contributed by atoms with E-state index in [1.54, 1.807) is 26.0 Å². The molecule has 1 aromatic carbocycles. The first-order valence-corrected chi connectivity index (χ1v) is 5.67. The van der Waals surface area contributed by atoms with Gasteiger partial charge in [0.2, 0.25) is 5.91 Å². The lowest BCUT2D eigenvalue weighted by Crippen LogP contribution is -2.17. The summed E-state index contributed by atoms with van der Waals surface area (Å²) >= 11 is 0. The van der Waals surface area contributed by atoms with Crippen molar-refractivity contribution in [3.63, 3.8) is 0 Å². The third-order valence-electron chi connectivity index (χ3n) is 2.52. The molecule has 1 rings (SSSR count). The quantitative estimate of drug-likeness (QED) is 0.847. The van der Waals surface area contributed by atoms with Gasteiger partial charge >= 0.3 is 5.97 Å². The molecule has 98 valence electrons. The van der Waals surface area contributed by atoms with Crippen molar-refractivity contribution < 1.29 is 19.1 Å². The number of halogens is 1. The molecular formula is C13H16FNO3. The maximum absolute atomic E-state index is 13.6. The summed E-state index contributed by atoms with van der Waals surface area (Å²) in [6.07, 6.45) is -0.0244. The van der Waals surface area contributed by atoms with E-state index in [-0.39, 0.29) is 30.4 Å². The zero-order valence-electron chi connectivity index (χ0n) is 10.4. The number of carboxylic acids is 1. The van der Waals surface area contributed by atoms with Gasteiger partial charge in [-0.1, -0.05) is 19.1 Å². The van der Waals surface area contributed by atoms with Crippen molar-refractivity contribution in [2.45, 2.75) is 26.7 Å². The second-order valence-corrected chi connectivity index (χ2v) is 4.39. The van der Waals surface area contributed by atoms with E-state index in [0.29, 0.717) is 5.56 Å². The monoisotopic (exact) mass is 253 g/mol. The van der Waals surface area contributed by atoms with Crippen LogP contribution in [0.15, 0.2) is 18.2 Å². The van der Waals surface area contributed by atoms with Crippen LogP contribution in [0.5, 0.6) is 0 Å². The Balaban J connectivity index is 2.59. The molecule has 1 aromatic rings. The van der Waals surface area contributed by atoms with Gasteiger partial charge in [-0.25, -0.2) is 4.39 Å². The fraction of sp³-hybridized carbons (Fsp3) is 0.385. The summed E-state index contributed by atoms with van der Waals surface area (Å²) in [5.41, 5.74) is 0.578. The lowest BCUT2D eigenvalue weighted by Gasteiger charge is -2.10. The summed E-state index contributed by atoms with van der Waals surface area (Å²) < 4.78 is 13.6. The molecule has 1 atom stereocenters. The molecule has 0 aliphatic carbocycles. The van der Waals surface area contributed by atoms with Gasteiger partial charge in [-0.05, 0) is 24.5 Å². The zero-order valence-corrected chi connectivity index (χ0v) is 10.4. The average molecular weight is 253 g/mol. The maximum atomic E-state index is 13.6. The number of carbonyl (C=O) groups excluding carboxylic acids is 1. The van der Waals surface area contributed by atoms with Crippen LogP contribution in [0.1, 0.15) is 25.3 Å². The first-order chi connectivity index (χ1) is 8.40. The molecule has 0 fully saturated rings. The molecule has 0 bridgehead atoms. The third kappa shape index (κ3) is 4.16. The molecule has 1 unspecified atom stereocenters. The van der Waals surface area contributed by atoms with Crippen LogP contribution < -0.4 is 5.32 Å². The molecule has 5 heteroatoms. The number of aryl methyl sites for hydroxylation is 1. The summed E-state index contributed by atoms with van der Waals surface area (Å²) in [4.78, 5) is 22.1. The van der Waals surface area contributed by atoms with Crippen molar-refractivity contribution in [3.8, 4) is 0 Å². The molecule has 0 heterocycles. The second-order valence-electron chi connectivity index (χ2n) is 4.39. The van der Waals surface area contributed by atoms with E-state index in [2.05, 4.69) is 5.32 Å². The van der Waals surface area contributed by atoms with Crippen molar-refractivity contribution in [2.75, 3.05) is 5.32 Å². The Morgan fingerprint density at radius 3 is 2.67 bits per heavy atom. The highest BCUT2D eigenvalue weighted by atomic mass is 19.1. The summed E-state index contributed by atoms with van der Waals surface area (Å²) in [5.74, 6) is -2.07. The third-order valence-corrected chi connectivity index (χ3v) is 2.52. The highest BCUT2D eigenvalue weighted by Crippen LogP contribution is 2.18. The minimum absolute atomic E-state index is 0.0552. The summed E-state index contributed by atoms with van der Waals surface area (Å²) in [6.45, 7) is 3.28. The van der Waals surface area contributed by atoms with Crippen molar-refractivity contribution in [1.82, 2.24) is 0 Å². The molecule has 0 aliphatic rings. The Labute approximate surface area is 105 Å². The van der Waals surface area contributed by atoms with Crippen LogP contribution in [0, 0.1) is 18.7 Å². The number of nitrogens with one attached hydrogen (secondary N) is 1.